The zero-order valence-electron chi connectivity index (χ0n) is 17.6. The molecular formula is C21H29N3O5S. The second kappa shape index (κ2) is 11.5. The zero-order valence-corrected chi connectivity index (χ0v) is 18.4. The number of piperazine rings is 1. The third-order valence-corrected chi connectivity index (χ3v) is 4.68. The molecule has 0 aliphatic carbocycles. The van der Waals surface area contributed by atoms with Crippen molar-refractivity contribution in [1.82, 2.24) is 15.5 Å². The molecular weight excluding hydrogens is 406 g/mol. The maximum absolute atomic E-state index is 12.8. The number of benzene rings is 1. The summed E-state index contributed by atoms with van der Waals surface area (Å²) in [4.78, 5) is 38.8. The summed E-state index contributed by atoms with van der Waals surface area (Å²) in [5.74, 6) is -0.585. The highest BCUT2D eigenvalue weighted by atomic mass is 32.1. The van der Waals surface area contributed by atoms with Crippen LogP contribution in [0.4, 0.5) is 0 Å². The summed E-state index contributed by atoms with van der Waals surface area (Å²) in [6.45, 7) is 7.35. The minimum Gasteiger partial charge on any atom is -0.493 e. The Morgan fingerprint density at radius 1 is 1.33 bits per heavy atom. The topological polar surface area (TPSA) is 97.0 Å². The average Bonchev–Trinajstić information content (AvgIpc) is 2.72. The van der Waals surface area contributed by atoms with E-state index in [9.17, 15) is 14.4 Å². The van der Waals surface area contributed by atoms with Crippen LogP contribution in [0.1, 0.15) is 44.0 Å². The van der Waals surface area contributed by atoms with Crippen molar-refractivity contribution in [3.8, 4) is 5.75 Å². The summed E-state index contributed by atoms with van der Waals surface area (Å²) >= 11 is 5.39. The number of hydrogen-bond donors (Lipinski definition) is 2. The van der Waals surface area contributed by atoms with Crippen LogP contribution >= 0.6 is 12.2 Å². The normalized spacial score (nSPS) is 16.1. The van der Waals surface area contributed by atoms with Gasteiger partial charge in [-0.05, 0) is 36.7 Å². The van der Waals surface area contributed by atoms with Gasteiger partial charge in [-0.3, -0.25) is 19.7 Å². The molecule has 1 fully saturated rings. The predicted octanol–water partition coefficient (Wildman–Crippen LogP) is 1.88. The largest absolute Gasteiger partial charge is 0.493 e. The van der Waals surface area contributed by atoms with Gasteiger partial charge in [0.15, 0.2) is 5.11 Å². The lowest BCUT2D eigenvalue weighted by Gasteiger charge is -2.36. The van der Waals surface area contributed by atoms with Gasteiger partial charge in [-0.1, -0.05) is 32.9 Å². The summed E-state index contributed by atoms with van der Waals surface area (Å²) in [6, 6.07) is 6.05. The van der Waals surface area contributed by atoms with Crippen LogP contribution in [0, 0.1) is 5.92 Å². The number of ether oxygens (including phenoxy) is 2. The Labute approximate surface area is 182 Å². The molecule has 1 aromatic carbocycles. The Morgan fingerprint density at radius 2 is 2.07 bits per heavy atom. The Bertz CT molecular complexity index is 784. The first-order valence-electron chi connectivity index (χ1n) is 10.1. The van der Waals surface area contributed by atoms with E-state index in [-0.39, 0.29) is 30.0 Å². The number of carbonyl (C=O) groups is 3. The molecule has 1 aromatic rings. The highest BCUT2D eigenvalue weighted by Gasteiger charge is 2.34. The minimum absolute atomic E-state index is 0.0850. The van der Waals surface area contributed by atoms with Crippen molar-refractivity contribution in [2.75, 3.05) is 26.3 Å². The van der Waals surface area contributed by atoms with Crippen molar-refractivity contribution < 1.29 is 23.9 Å². The summed E-state index contributed by atoms with van der Waals surface area (Å²) in [6.07, 6.45) is 0.663. The molecule has 2 amide bonds. The maximum Gasteiger partial charge on any atom is 0.308 e. The number of nitrogens with zero attached hydrogens (tertiary/aromatic N) is 1. The van der Waals surface area contributed by atoms with Gasteiger partial charge in [-0.15, -0.1) is 0 Å². The van der Waals surface area contributed by atoms with Crippen molar-refractivity contribution in [3.05, 3.63) is 29.8 Å². The smallest absolute Gasteiger partial charge is 0.308 e. The SMILES string of the molecule is CCCOc1ccccc1C(=O)NC(=S)N1CCNC(=O)C1CC(=O)OCC(C)C. The highest BCUT2D eigenvalue weighted by molar-refractivity contribution is 7.80. The summed E-state index contributed by atoms with van der Waals surface area (Å²) < 4.78 is 10.8. The van der Waals surface area contributed by atoms with Gasteiger partial charge in [0.25, 0.3) is 5.91 Å². The summed E-state index contributed by atoms with van der Waals surface area (Å²) in [7, 11) is 0. The zero-order chi connectivity index (χ0) is 22.1. The molecule has 0 saturated carbocycles. The van der Waals surface area contributed by atoms with Crippen molar-refractivity contribution in [1.29, 1.82) is 0 Å². The van der Waals surface area contributed by atoms with Gasteiger partial charge in [-0.2, -0.15) is 0 Å². The summed E-state index contributed by atoms with van der Waals surface area (Å²) in [5, 5.41) is 5.47. The van der Waals surface area contributed by atoms with E-state index in [0.29, 0.717) is 31.0 Å². The number of para-hydroxylation sites is 1. The van der Waals surface area contributed by atoms with E-state index in [1.807, 2.05) is 20.8 Å². The quantitative estimate of drug-likeness (QED) is 0.475. The minimum atomic E-state index is -0.835. The molecule has 1 unspecified atom stereocenters. The van der Waals surface area contributed by atoms with Crippen LogP contribution in [0.5, 0.6) is 5.75 Å². The first-order valence-corrected chi connectivity index (χ1v) is 10.5. The Kier molecular flexibility index (Phi) is 9.04. The molecule has 1 heterocycles. The van der Waals surface area contributed by atoms with Crippen molar-refractivity contribution in [2.24, 2.45) is 5.92 Å². The standard InChI is InChI=1S/C21H29N3O5S/c1-4-11-28-17-8-6-5-7-15(17)19(26)23-21(30)24-10-9-22-20(27)16(24)12-18(25)29-13-14(2)3/h5-8,14,16H,4,9-13H2,1-3H3,(H,22,27)(H,23,26,30). The molecule has 9 heteroatoms. The number of hydrogen-bond acceptors (Lipinski definition) is 6. The molecule has 0 spiro atoms. The average molecular weight is 436 g/mol. The van der Waals surface area contributed by atoms with Crippen LogP contribution in [0.25, 0.3) is 0 Å². The molecule has 30 heavy (non-hydrogen) atoms. The third-order valence-electron chi connectivity index (χ3n) is 4.34. The number of thiocarbonyl (C=S) groups is 1. The van der Waals surface area contributed by atoms with Crippen LogP contribution in [-0.2, 0) is 14.3 Å². The molecule has 0 radical (unpaired) electrons. The van der Waals surface area contributed by atoms with E-state index in [4.69, 9.17) is 21.7 Å². The van der Waals surface area contributed by atoms with E-state index < -0.39 is 17.9 Å². The van der Waals surface area contributed by atoms with Crippen molar-refractivity contribution >= 4 is 35.1 Å². The lowest BCUT2D eigenvalue weighted by atomic mass is 10.1. The number of esters is 1. The molecule has 0 bridgehead atoms. The molecule has 1 atom stereocenters. The third kappa shape index (κ3) is 6.69. The van der Waals surface area contributed by atoms with Crippen LogP contribution in [0.15, 0.2) is 24.3 Å². The first-order chi connectivity index (χ1) is 14.3. The molecule has 1 aliphatic rings. The molecule has 164 valence electrons. The molecule has 1 saturated heterocycles. The van der Waals surface area contributed by atoms with Gasteiger partial charge in [0.05, 0.1) is 25.2 Å². The van der Waals surface area contributed by atoms with Gasteiger partial charge in [0.2, 0.25) is 5.91 Å². The van der Waals surface area contributed by atoms with Crippen molar-refractivity contribution in [3.63, 3.8) is 0 Å². The van der Waals surface area contributed by atoms with E-state index in [1.54, 1.807) is 29.2 Å². The maximum atomic E-state index is 12.8. The van der Waals surface area contributed by atoms with Gasteiger partial charge < -0.3 is 19.7 Å². The molecule has 0 aromatic heterocycles. The van der Waals surface area contributed by atoms with Crippen LogP contribution in [0.3, 0.4) is 0 Å². The van der Waals surface area contributed by atoms with E-state index in [2.05, 4.69) is 10.6 Å². The van der Waals surface area contributed by atoms with Gasteiger partial charge in [0.1, 0.15) is 11.8 Å². The Hall–Kier alpha value is -2.68. The molecule has 2 rings (SSSR count). The fourth-order valence-corrected chi connectivity index (χ4v) is 3.18. The number of rotatable bonds is 8. The van der Waals surface area contributed by atoms with Gasteiger partial charge in [0, 0.05) is 13.1 Å². The van der Waals surface area contributed by atoms with Crippen LogP contribution < -0.4 is 15.4 Å². The molecule has 2 N–H and O–H groups in total. The number of amides is 2. The lowest BCUT2D eigenvalue weighted by molar-refractivity contribution is -0.148. The van der Waals surface area contributed by atoms with E-state index in [0.717, 1.165) is 6.42 Å². The fraction of sp³-hybridized carbons (Fsp3) is 0.524. The van der Waals surface area contributed by atoms with Crippen LogP contribution in [-0.4, -0.2) is 60.1 Å². The second-order valence-corrected chi connectivity index (χ2v) is 7.77. The lowest BCUT2D eigenvalue weighted by Crippen LogP contribution is -2.60. The Balaban J connectivity index is 2.07. The monoisotopic (exact) mass is 435 g/mol. The van der Waals surface area contributed by atoms with Gasteiger partial charge in [-0.25, -0.2) is 0 Å². The molecule has 1 aliphatic heterocycles. The number of carbonyl (C=O) groups excluding carboxylic acids is 3. The first kappa shape index (κ1) is 23.6. The fourth-order valence-electron chi connectivity index (χ4n) is 2.87. The van der Waals surface area contributed by atoms with Crippen LogP contribution in [0.2, 0.25) is 0 Å². The molecule has 8 nitrogen and oxygen atoms in total. The number of nitrogens with one attached hydrogen (secondary N) is 2. The highest BCUT2D eigenvalue weighted by Crippen LogP contribution is 2.19. The summed E-state index contributed by atoms with van der Waals surface area (Å²) in [5.41, 5.74) is 0.350. The van der Waals surface area contributed by atoms with Crippen molar-refractivity contribution in [2.45, 2.75) is 39.7 Å². The predicted molar refractivity (Wildman–Crippen MR) is 116 cm³/mol. The van der Waals surface area contributed by atoms with E-state index >= 15 is 0 Å². The Morgan fingerprint density at radius 3 is 2.77 bits per heavy atom. The van der Waals surface area contributed by atoms with Gasteiger partial charge >= 0.3 is 5.97 Å². The second-order valence-electron chi connectivity index (χ2n) is 7.39. The van der Waals surface area contributed by atoms with E-state index in [1.165, 1.54) is 0 Å².